The smallest absolute Gasteiger partial charge is 0.0934 e. The van der Waals surface area contributed by atoms with E-state index in [4.69, 9.17) is 11.6 Å². The average Bonchev–Trinajstić information content (AvgIpc) is 2.67. The molecule has 2 rings (SSSR count). The second-order valence-electron chi connectivity index (χ2n) is 5.50. The van der Waals surface area contributed by atoms with Gasteiger partial charge in [0.2, 0.25) is 0 Å². The van der Waals surface area contributed by atoms with Crippen molar-refractivity contribution in [1.29, 1.82) is 0 Å². The third-order valence-corrected chi connectivity index (χ3v) is 4.94. The van der Waals surface area contributed by atoms with Crippen LogP contribution in [0.5, 0.6) is 0 Å². The number of aliphatic hydroxyl groups is 1. The number of aryl methyl sites for hydroxylation is 1. The topological polar surface area (TPSA) is 32.3 Å². The van der Waals surface area contributed by atoms with Crippen molar-refractivity contribution >= 4 is 22.9 Å². The average molecular weight is 288 g/mol. The van der Waals surface area contributed by atoms with Crippen LogP contribution in [0.4, 0.5) is 0 Å². The van der Waals surface area contributed by atoms with Crippen LogP contribution >= 0.6 is 22.9 Å². The third kappa shape index (κ3) is 3.47. The second-order valence-corrected chi connectivity index (χ2v) is 7.27. The van der Waals surface area contributed by atoms with Crippen LogP contribution in [-0.4, -0.2) is 17.3 Å². The molecule has 0 aromatic carbocycles. The Labute approximate surface area is 118 Å². The number of thiophene rings is 1. The molecule has 0 amide bonds. The maximum atomic E-state index is 10.2. The van der Waals surface area contributed by atoms with Crippen LogP contribution in [-0.2, 0) is 6.42 Å². The molecule has 1 aliphatic carbocycles. The summed E-state index contributed by atoms with van der Waals surface area (Å²) in [6.07, 6.45) is 5.34. The number of halogens is 1. The van der Waals surface area contributed by atoms with Crippen molar-refractivity contribution in [2.24, 2.45) is 0 Å². The summed E-state index contributed by atoms with van der Waals surface area (Å²) in [6, 6.07) is 2.45. The molecule has 1 heterocycles. The van der Waals surface area contributed by atoms with E-state index in [1.165, 1.54) is 16.9 Å². The molecule has 4 heteroatoms. The highest BCUT2D eigenvalue weighted by Crippen LogP contribution is 2.37. The van der Waals surface area contributed by atoms with Gasteiger partial charge in [-0.15, -0.1) is 11.3 Å². The van der Waals surface area contributed by atoms with E-state index in [1.54, 1.807) is 11.3 Å². The second kappa shape index (κ2) is 5.91. The van der Waals surface area contributed by atoms with Crippen molar-refractivity contribution in [1.82, 2.24) is 5.32 Å². The van der Waals surface area contributed by atoms with Crippen LogP contribution in [0.2, 0.25) is 4.34 Å². The van der Waals surface area contributed by atoms with E-state index >= 15 is 0 Å². The van der Waals surface area contributed by atoms with Gasteiger partial charge in [0.1, 0.15) is 0 Å². The molecule has 102 valence electrons. The van der Waals surface area contributed by atoms with Gasteiger partial charge in [-0.05, 0) is 44.2 Å². The van der Waals surface area contributed by atoms with E-state index in [2.05, 4.69) is 18.3 Å². The zero-order chi connectivity index (χ0) is 13.2. The fourth-order valence-corrected chi connectivity index (χ4v) is 4.09. The first-order valence-electron chi connectivity index (χ1n) is 6.76. The van der Waals surface area contributed by atoms with E-state index in [0.717, 1.165) is 30.0 Å². The number of nitrogens with one attached hydrogen (secondary N) is 1. The molecule has 0 fully saturated rings. The first-order chi connectivity index (χ1) is 8.52. The lowest BCUT2D eigenvalue weighted by Crippen LogP contribution is -2.40. The highest BCUT2D eigenvalue weighted by atomic mass is 35.5. The van der Waals surface area contributed by atoms with Crippen molar-refractivity contribution in [3.05, 3.63) is 20.8 Å². The quantitative estimate of drug-likeness (QED) is 0.860. The lowest BCUT2D eigenvalue weighted by atomic mass is 9.92. The molecule has 2 nitrogen and oxygen atoms in total. The molecule has 0 saturated heterocycles. The Morgan fingerprint density at radius 1 is 1.61 bits per heavy atom. The molecule has 0 radical (unpaired) electrons. The fraction of sp³-hybridized carbons (Fsp3) is 0.714. The number of rotatable bonds is 5. The minimum atomic E-state index is -0.605. The van der Waals surface area contributed by atoms with Gasteiger partial charge in [0.15, 0.2) is 0 Å². The molecule has 0 spiro atoms. The van der Waals surface area contributed by atoms with E-state index in [0.29, 0.717) is 12.6 Å². The maximum Gasteiger partial charge on any atom is 0.0934 e. The van der Waals surface area contributed by atoms with Crippen LogP contribution in [0.25, 0.3) is 0 Å². The SMILES string of the molecule is CCCC(C)(O)CNC1CCCc2sc(Cl)cc21. The standard InChI is InChI=1S/C14H22ClNOS/c1-3-7-14(2,17)9-16-11-5-4-6-12-10(11)8-13(15)18-12/h8,11,16-17H,3-7,9H2,1-2H3. The van der Waals surface area contributed by atoms with Gasteiger partial charge in [-0.25, -0.2) is 0 Å². The van der Waals surface area contributed by atoms with Crippen LogP contribution in [0.1, 0.15) is 56.0 Å². The summed E-state index contributed by atoms with van der Waals surface area (Å²) < 4.78 is 0.883. The summed E-state index contributed by atoms with van der Waals surface area (Å²) in [4.78, 5) is 1.42. The first kappa shape index (κ1) is 14.3. The Morgan fingerprint density at radius 3 is 3.11 bits per heavy atom. The van der Waals surface area contributed by atoms with Crippen LogP contribution < -0.4 is 5.32 Å². The zero-order valence-corrected chi connectivity index (χ0v) is 12.7. The molecule has 1 aromatic heterocycles. The fourth-order valence-electron chi connectivity index (χ4n) is 2.70. The highest BCUT2D eigenvalue weighted by molar-refractivity contribution is 7.16. The largest absolute Gasteiger partial charge is 0.389 e. The van der Waals surface area contributed by atoms with E-state index < -0.39 is 5.60 Å². The number of hydrogen-bond donors (Lipinski definition) is 2. The Morgan fingerprint density at radius 2 is 2.39 bits per heavy atom. The Kier molecular flexibility index (Phi) is 4.70. The van der Waals surface area contributed by atoms with E-state index in [9.17, 15) is 5.11 Å². The van der Waals surface area contributed by atoms with Crippen molar-refractivity contribution in [2.45, 2.75) is 57.6 Å². The minimum Gasteiger partial charge on any atom is -0.389 e. The van der Waals surface area contributed by atoms with Gasteiger partial charge in [0.25, 0.3) is 0 Å². The van der Waals surface area contributed by atoms with Gasteiger partial charge in [-0.2, -0.15) is 0 Å². The van der Waals surface area contributed by atoms with E-state index in [-0.39, 0.29) is 0 Å². The summed E-state index contributed by atoms with van der Waals surface area (Å²) >= 11 is 7.80. The van der Waals surface area contributed by atoms with Gasteiger partial charge in [-0.3, -0.25) is 0 Å². The molecule has 2 atom stereocenters. The van der Waals surface area contributed by atoms with E-state index in [1.807, 2.05) is 6.92 Å². The van der Waals surface area contributed by atoms with Gasteiger partial charge < -0.3 is 10.4 Å². The predicted octanol–water partition coefficient (Wildman–Crippen LogP) is 3.92. The summed E-state index contributed by atoms with van der Waals surface area (Å²) in [5.41, 5.74) is 0.746. The van der Waals surface area contributed by atoms with Gasteiger partial charge in [-0.1, -0.05) is 24.9 Å². The normalized spacial score (nSPS) is 22.6. The first-order valence-corrected chi connectivity index (χ1v) is 7.95. The van der Waals surface area contributed by atoms with Gasteiger partial charge in [0, 0.05) is 17.5 Å². The molecule has 2 N–H and O–H groups in total. The summed E-state index contributed by atoms with van der Waals surface area (Å²) in [7, 11) is 0. The summed E-state index contributed by atoms with van der Waals surface area (Å²) in [5, 5.41) is 13.7. The number of hydrogen-bond acceptors (Lipinski definition) is 3. The monoisotopic (exact) mass is 287 g/mol. The highest BCUT2D eigenvalue weighted by Gasteiger charge is 2.25. The lowest BCUT2D eigenvalue weighted by molar-refractivity contribution is 0.0465. The Hall–Kier alpha value is -0.0900. The third-order valence-electron chi connectivity index (χ3n) is 3.60. The molecular weight excluding hydrogens is 266 g/mol. The van der Waals surface area contributed by atoms with Crippen molar-refractivity contribution in [3.63, 3.8) is 0 Å². The molecule has 0 aliphatic heterocycles. The van der Waals surface area contributed by atoms with Crippen LogP contribution in [0, 0.1) is 0 Å². The van der Waals surface area contributed by atoms with Crippen molar-refractivity contribution in [3.8, 4) is 0 Å². The molecule has 2 unspecified atom stereocenters. The van der Waals surface area contributed by atoms with Crippen molar-refractivity contribution < 1.29 is 5.11 Å². The molecular formula is C14H22ClNOS. The predicted molar refractivity (Wildman–Crippen MR) is 78.5 cm³/mol. The molecule has 0 bridgehead atoms. The molecule has 0 saturated carbocycles. The molecule has 1 aliphatic rings. The van der Waals surface area contributed by atoms with Crippen molar-refractivity contribution in [2.75, 3.05) is 6.54 Å². The Balaban J connectivity index is 1.99. The minimum absolute atomic E-state index is 0.362. The Bertz CT molecular complexity index is 402. The molecule has 18 heavy (non-hydrogen) atoms. The zero-order valence-electron chi connectivity index (χ0n) is 11.1. The number of fused-ring (bicyclic) bond motifs is 1. The van der Waals surface area contributed by atoms with Crippen LogP contribution in [0.15, 0.2) is 6.07 Å². The summed E-state index contributed by atoms with van der Waals surface area (Å²) in [5.74, 6) is 0. The van der Waals surface area contributed by atoms with Gasteiger partial charge >= 0.3 is 0 Å². The molecule has 1 aromatic rings. The van der Waals surface area contributed by atoms with Gasteiger partial charge in [0.05, 0.1) is 9.94 Å². The maximum absolute atomic E-state index is 10.2. The lowest BCUT2D eigenvalue weighted by Gasteiger charge is -2.29. The summed E-state index contributed by atoms with van der Waals surface area (Å²) in [6.45, 7) is 4.66. The van der Waals surface area contributed by atoms with Crippen LogP contribution in [0.3, 0.4) is 0 Å².